The van der Waals surface area contributed by atoms with Crippen LogP contribution in [0.25, 0.3) is 0 Å². The van der Waals surface area contributed by atoms with Crippen LogP contribution in [0.4, 0.5) is 0 Å². The van der Waals surface area contributed by atoms with Crippen molar-refractivity contribution in [1.82, 2.24) is 4.57 Å². The van der Waals surface area contributed by atoms with E-state index in [0.717, 1.165) is 22.7 Å². The molecule has 0 spiro atoms. The maximum absolute atomic E-state index is 9.36. The first-order chi connectivity index (χ1) is 11.2. The van der Waals surface area contributed by atoms with Crippen molar-refractivity contribution >= 4 is 11.6 Å². The molecule has 1 aromatic heterocycles. The number of rotatable bonds is 4. The average Bonchev–Trinajstić information content (AvgIpc) is 2.93. The van der Waals surface area contributed by atoms with Gasteiger partial charge in [-0.25, -0.2) is 0 Å². The largest absolute Gasteiger partial charge is 0.332 e. The molecule has 3 aromatic rings. The van der Waals surface area contributed by atoms with Gasteiger partial charge in [-0.05, 0) is 42.3 Å². The highest BCUT2D eigenvalue weighted by Crippen LogP contribution is 2.18. The minimum atomic E-state index is 0.675. The van der Waals surface area contributed by atoms with Gasteiger partial charge in [-0.3, -0.25) is 0 Å². The molecule has 0 fully saturated rings. The van der Waals surface area contributed by atoms with Gasteiger partial charge in [0.05, 0.1) is 0 Å². The molecule has 0 aliphatic rings. The van der Waals surface area contributed by atoms with Gasteiger partial charge in [0.25, 0.3) is 0 Å². The molecule has 114 valence electrons. The van der Waals surface area contributed by atoms with Crippen LogP contribution in [0.1, 0.15) is 28.1 Å². The average molecular weight is 321 g/mol. The van der Waals surface area contributed by atoms with Crippen molar-refractivity contribution < 1.29 is 0 Å². The third-order valence-electron chi connectivity index (χ3n) is 3.95. The fourth-order valence-corrected chi connectivity index (χ4v) is 2.76. The Labute approximate surface area is 141 Å². The van der Waals surface area contributed by atoms with E-state index in [9.17, 15) is 5.26 Å². The predicted octanol–water partition coefficient (Wildman–Crippen LogP) is 4.96. The van der Waals surface area contributed by atoms with Crippen molar-refractivity contribution in [2.75, 3.05) is 0 Å². The zero-order chi connectivity index (χ0) is 16.2. The van der Waals surface area contributed by atoms with Crippen molar-refractivity contribution in [3.8, 4) is 6.07 Å². The van der Waals surface area contributed by atoms with Gasteiger partial charge >= 0.3 is 0 Å². The Bertz CT molecular complexity index is 837. The van der Waals surface area contributed by atoms with E-state index in [1.165, 1.54) is 11.1 Å². The lowest BCUT2D eigenvalue weighted by atomic mass is 10.1. The molecule has 0 bridgehead atoms. The minimum absolute atomic E-state index is 0.675. The summed E-state index contributed by atoms with van der Waals surface area (Å²) in [5.41, 5.74) is 5.45. The van der Waals surface area contributed by atoms with Crippen LogP contribution in [-0.2, 0) is 13.0 Å². The third kappa shape index (κ3) is 3.64. The number of hydrogen-bond donors (Lipinski definition) is 0. The Balaban J connectivity index is 1.89. The summed E-state index contributed by atoms with van der Waals surface area (Å²) in [6, 6.07) is 22.5. The van der Waals surface area contributed by atoms with Gasteiger partial charge in [-0.1, -0.05) is 53.6 Å². The molecule has 1 heterocycles. The number of aryl methyl sites for hydroxylation is 1. The number of halogens is 1. The van der Waals surface area contributed by atoms with Crippen molar-refractivity contribution in [3.05, 3.63) is 93.8 Å². The third-order valence-corrected chi connectivity index (χ3v) is 4.20. The number of aromatic nitrogens is 1. The zero-order valence-electron chi connectivity index (χ0n) is 13.0. The summed E-state index contributed by atoms with van der Waals surface area (Å²) in [6.45, 7) is 2.76. The quantitative estimate of drug-likeness (QED) is 0.668. The Hall–Kier alpha value is -2.50. The normalized spacial score (nSPS) is 10.5. The van der Waals surface area contributed by atoms with Crippen molar-refractivity contribution in [2.24, 2.45) is 0 Å². The molecule has 0 radical (unpaired) electrons. The number of nitrogens with zero attached hydrogens (tertiary/aromatic N) is 2. The molecule has 2 nitrogen and oxygen atoms in total. The van der Waals surface area contributed by atoms with E-state index < -0.39 is 0 Å². The standard InChI is InChI=1S/C20H17ClN2/c1-15-2-4-16(5-3-15)12-19-10-11-20(13-22)23(19)14-17-6-8-18(21)9-7-17/h2-11H,12,14H2,1H3. The molecule has 3 heteroatoms. The van der Waals surface area contributed by atoms with Gasteiger partial charge in [-0.15, -0.1) is 0 Å². The van der Waals surface area contributed by atoms with E-state index in [1.54, 1.807) is 0 Å². The van der Waals surface area contributed by atoms with Crippen molar-refractivity contribution in [3.63, 3.8) is 0 Å². The van der Waals surface area contributed by atoms with E-state index in [1.807, 2.05) is 36.4 Å². The second-order valence-corrected chi connectivity index (χ2v) is 6.13. The Kier molecular flexibility index (Phi) is 4.50. The van der Waals surface area contributed by atoms with Crippen LogP contribution in [0, 0.1) is 18.3 Å². The molecule has 3 rings (SSSR count). The molecule has 0 aliphatic carbocycles. The lowest BCUT2D eigenvalue weighted by Gasteiger charge is -2.11. The first kappa shape index (κ1) is 15.4. The predicted molar refractivity (Wildman–Crippen MR) is 93.7 cm³/mol. The Morgan fingerprint density at radius 1 is 0.913 bits per heavy atom. The van der Waals surface area contributed by atoms with E-state index in [-0.39, 0.29) is 0 Å². The molecular weight excluding hydrogens is 304 g/mol. The first-order valence-corrected chi connectivity index (χ1v) is 7.92. The molecule has 0 N–H and O–H groups in total. The number of nitriles is 1. The topological polar surface area (TPSA) is 28.7 Å². The Morgan fingerprint density at radius 3 is 2.22 bits per heavy atom. The van der Waals surface area contributed by atoms with Gasteiger partial charge < -0.3 is 4.57 Å². The van der Waals surface area contributed by atoms with Crippen LogP contribution in [0.2, 0.25) is 5.02 Å². The number of hydrogen-bond acceptors (Lipinski definition) is 1. The lowest BCUT2D eigenvalue weighted by molar-refractivity contribution is 0.748. The van der Waals surface area contributed by atoms with E-state index >= 15 is 0 Å². The number of benzene rings is 2. The van der Waals surface area contributed by atoms with Crippen LogP contribution in [0.5, 0.6) is 0 Å². The summed E-state index contributed by atoms with van der Waals surface area (Å²) < 4.78 is 2.07. The van der Waals surface area contributed by atoms with Gasteiger partial charge in [0.15, 0.2) is 0 Å². The van der Waals surface area contributed by atoms with Crippen molar-refractivity contribution in [2.45, 2.75) is 19.9 Å². The molecule has 0 atom stereocenters. The summed E-state index contributed by atoms with van der Waals surface area (Å²) in [5, 5.41) is 10.1. The first-order valence-electron chi connectivity index (χ1n) is 7.54. The van der Waals surface area contributed by atoms with Crippen LogP contribution in [0.3, 0.4) is 0 Å². The SMILES string of the molecule is Cc1ccc(Cc2ccc(C#N)n2Cc2ccc(Cl)cc2)cc1. The van der Waals surface area contributed by atoms with Crippen molar-refractivity contribution in [1.29, 1.82) is 5.26 Å². The maximum Gasteiger partial charge on any atom is 0.120 e. The summed E-state index contributed by atoms with van der Waals surface area (Å²) in [7, 11) is 0. The highest BCUT2D eigenvalue weighted by atomic mass is 35.5. The summed E-state index contributed by atoms with van der Waals surface area (Å²) in [6.07, 6.45) is 0.815. The molecule has 0 unspecified atom stereocenters. The van der Waals surface area contributed by atoms with Crippen LogP contribution >= 0.6 is 11.6 Å². The molecule has 2 aromatic carbocycles. The molecule has 0 saturated heterocycles. The highest BCUT2D eigenvalue weighted by Gasteiger charge is 2.09. The second kappa shape index (κ2) is 6.73. The molecular formula is C20H17ClN2. The maximum atomic E-state index is 9.36. The van der Waals surface area contributed by atoms with E-state index in [2.05, 4.69) is 41.8 Å². The van der Waals surface area contributed by atoms with E-state index in [0.29, 0.717) is 12.2 Å². The van der Waals surface area contributed by atoms with E-state index in [4.69, 9.17) is 11.6 Å². The van der Waals surface area contributed by atoms with Crippen LogP contribution in [0.15, 0.2) is 60.7 Å². The summed E-state index contributed by atoms with van der Waals surface area (Å²) >= 11 is 5.94. The molecule has 0 saturated carbocycles. The van der Waals surface area contributed by atoms with Gasteiger partial charge in [0.1, 0.15) is 11.8 Å². The van der Waals surface area contributed by atoms with Gasteiger partial charge in [0.2, 0.25) is 0 Å². The van der Waals surface area contributed by atoms with Crippen LogP contribution in [-0.4, -0.2) is 4.57 Å². The molecule has 23 heavy (non-hydrogen) atoms. The summed E-state index contributed by atoms with van der Waals surface area (Å²) in [4.78, 5) is 0. The van der Waals surface area contributed by atoms with Gasteiger partial charge in [0, 0.05) is 23.7 Å². The van der Waals surface area contributed by atoms with Gasteiger partial charge in [-0.2, -0.15) is 5.26 Å². The fourth-order valence-electron chi connectivity index (χ4n) is 2.64. The summed E-state index contributed by atoms with van der Waals surface area (Å²) in [5.74, 6) is 0. The smallest absolute Gasteiger partial charge is 0.120 e. The fraction of sp³-hybridized carbons (Fsp3) is 0.150. The molecule has 0 aliphatic heterocycles. The monoisotopic (exact) mass is 320 g/mol. The van der Waals surface area contributed by atoms with Crippen LogP contribution < -0.4 is 0 Å². The highest BCUT2D eigenvalue weighted by molar-refractivity contribution is 6.30. The molecule has 0 amide bonds. The second-order valence-electron chi connectivity index (χ2n) is 5.70. The minimum Gasteiger partial charge on any atom is -0.332 e. The lowest BCUT2D eigenvalue weighted by Crippen LogP contribution is -2.07. The Morgan fingerprint density at radius 2 is 1.57 bits per heavy atom. The zero-order valence-corrected chi connectivity index (χ0v) is 13.7.